The number of rotatable bonds is 1. The molecule has 3 rings (SSSR count). The lowest BCUT2D eigenvalue weighted by molar-refractivity contribution is 0.145. The van der Waals surface area contributed by atoms with Gasteiger partial charge in [-0.3, -0.25) is 4.90 Å². The van der Waals surface area contributed by atoms with Crippen molar-refractivity contribution in [3.63, 3.8) is 0 Å². The summed E-state index contributed by atoms with van der Waals surface area (Å²) >= 11 is 0. The third kappa shape index (κ3) is 1.66. The number of imidazole rings is 1. The second-order valence-corrected chi connectivity index (χ2v) is 4.83. The highest BCUT2D eigenvalue weighted by atomic mass is 15.2. The Bertz CT molecular complexity index is 365. The first-order valence-electron chi connectivity index (χ1n) is 6.33. The van der Waals surface area contributed by atoms with Gasteiger partial charge in [0.05, 0.1) is 17.9 Å². The molecule has 16 heavy (non-hydrogen) atoms. The highest BCUT2D eigenvalue weighted by molar-refractivity contribution is 5.12. The normalized spacial score (nSPS) is 26.7. The molecule has 1 aromatic rings. The van der Waals surface area contributed by atoms with E-state index in [-0.39, 0.29) is 0 Å². The molecule has 0 spiro atoms. The van der Waals surface area contributed by atoms with E-state index in [1.54, 1.807) is 0 Å². The lowest BCUT2D eigenvalue weighted by Crippen LogP contribution is -2.46. The Kier molecular flexibility index (Phi) is 2.69. The zero-order valence-electron chi connectivity index (χ0n) is 9.95. The number of hydrogen-bond acceptors (Lipinski definition) is 3. The minimum Gasteiger partial charge on any atom is -0.331 e. The van der Waals surface area contributed by atoms with Crippen LogP contribution in [0.5, 0.6) is 0 Å². The monoisotopic (exact) mass is 220 g/mol. The molecule has 1 atom stereocenters. The van der Waals surface area contributed by atoms with Crippen LogP contribution in [-0.4, -0.2) is 40.6 Å². The van der Waals surface area contributed by atoms with Gasteiger partial charge in [-0.1, -0.05) is 0 Å². The first kappa shape index (κ1) is 10.3. The van der Waals surface area contributed by atoms with Crippen LogP contribution < -0.4 is 5.32 Å². The summed E-state index contributed by atoms with van der Waals surface area (Å²) in [6.45, 7) is 7.88. The molecule has 1 fully saturated rings. The van der Waals surface area contributed by atoms with E-state index >= 15 is 0 Å². The van der Waals surface area contributed by atoms with Gasteiger partial charge in [0.2, 0.25) is 0 Å². The molecule has 2 aliphatic rings. The largest absolute Gasteiger partial charge is 0.331 e. The molecule has 0 amide bonds. The quantitative estimate of drug-likeness (QED) is 0.764. The minimum absolute atomic E-state index is 0.608. The van der Waals surface area contributed by atoms with E-state index in [2.05, 4.69) is 32.9 Å². The number of aromatic nitrogens is 2. The summed E-state index contributed by atoms with van der Waals surface area (Å²) in [7, 11) is 0. The Balaban J connectivity index is 1.86. The number of hydrogen-bond donors (Lipinski definition) is 1. The molecule has 1 saturated heterocycles. The Morgan fingerprint density at radius 2 is 2.12 bits per heavy atom. The molecule has 0 aromatic carbocycles. The van der Waals surface area contributed by atoms with Crippen LogP contribution >= 0.6 is 0 Å². The number of nitrogens with one attached hydrogen (secondary N) is 1. The van der Waals surface area contributed by atoms with E-state index in [4.69, 9.17) is 0 Å². The van der Waals surface area contributed by atoms with Gasteiger partial charge in [0.25, 0.3) is 0 Å². The summed E-state index contributed by atoms with van der Waals surface area (Å²) in [5, 5.41) is 3.42. The molecule has 2 aliphatic heterocycles. The van der Waals surface area contributed by atoms with Crippen molar-refractivity contribution in [1.82, 2.24) is 19.8 Å². The summed E-state index contributed by atoms with van der Waals surface area (Å²) in [6.07, 6.45) is 4.67. The molecule has 1 unspecified atom stereocenters. The predicted octanol–water partition coefficient (Wildman–Crippen LogP) is 0.932. The molecule has 1 aromatic heterocycles. The van der Waals surface area contributed by atoms with Gasteiger partial charge in [-0.25, -0.2) is 4.98 Å². The first-order valence-corrected chi connectivity index (χ1v) is 6.33. The average molecular weight is 220 g/mol. The van der Waals surface area contributed by atoms with E-state index in [1.165, 1.54) is 37.4 Å². The van der Waals surface area contributed by atoms with E-state index in [0.29, 0.717) is 6.04 Å². The Labute approximate surface area is 96.7 Å². The molecule has 4 heteroatoms. The number of aryl methyl sites for hydroxylation is 1. The summed E-state index contributed by atoms with van der Waals surface area (Å²) in [5.74, 6) is 1.18. The zero-order chi connectivity index (χ0) is 11.0. The fraction of sp³-hybridized carbons (Fsp3) is 0.750. The van der Waals surface area contributed by atoms with Crippen molar-refractivity contribution >= 4 is 0 Å². The van der Waals surface area contributed by atoms with E-state index in [0.717, 1.165) is 19.6 Å². The molecule has 0 aliphatic carbocycles. The fourth-order valence-electron chi connectivity index (χ4n) is 3.00. The van der Waals surface area contributed by atoms with E-state index in [9.17, 15) is 0 Å². The summed E-state index contributed by atoms with van der Waals surface area (Å²) in [4.78, 5) is 7.08. The summed E-state index contributed by atoms with van der Waals surface area (Å²) in [6, 6.07) is 0.608. The number of nitrogens with zero attached hydrogens (tertiary/aromatic N) is 3. The van der Waals surface area contributed by atoms with Gasteiger partial charge in [0, 0.05) is 32.7 Å². The first-order chi connectivity index (χ1) is 7.86. The molecule has 0 bridgehead atoms. The maximum absolute atomic E-state index is 4.46. The van der Waals surface area contributed by atoms with Gasteiger partial charge >= 0.3 is 0 Å². The van der Waals surface area contributed by atoms with Crippen LogP contribution in [0, 0.1) is 6.92 Å². The molecule has 0 radical (unpaired) electrons. The zero-order valence-corrected chi connectivity index (χ0v) is 9.95. The van der Waals surface area contributed by atoms with Crippen LogP contribution in [0.3, 0.4) is 0 Å². The van der Waals surface area contributed by atoms with Crippen molar-refractivity contribution in [1.29, 1.82) is 0 Å². The van der Waals surface area contributed by atoms with Crippen molar-refractivity contribution in [3.8, 4) is 0 Å². The minimum atomic E-state index is 0.608. The second-order valence-electron chi connectivity index (χ2n) is 4.83. The van der Waals surface area contributed by atoms with Gasteiger partial charge < -0.3 is 9.88 Å². The fourth-order valence-corrected chi connectivity index (χ4v) is 3.00. The maximum Gasteiger partial charge on any atom is 0.105 e. The Morgan fingerprint density at radius 1 is 1.31 bits per heavy atom. The molecular formula is C12H20N4. The smallest absolute Gasteiger partial charge is 0.105 e. The Morgan fingerprint density at radius 3 is 2.94 bits per heavy atom. The number of piperazine rings is 1. The molecule has 1 N–H and O–H groups in total. The van der Waals surface area contributed by atoms with E-state index in [1.807, 2.05) is 0 Å². The van der Waals surface area contributed by atoms with Gasteiger partial charge in [0.15, 0.2) is 0 Å². The molecule has 4 nitrogen and oxygen atoms in total. The molecule has 88 valence electrons. The van der Waals surface area contributed by atoms with Crippen molar-refractivity contribution in [2.24, 2.45) is 0 Å². The van der Waals surface area contributed by atoms with Crippen LogP contribution in [0.1, 0.15) is 30.4 Å². The van der Waals surface area contributed by atoms with E-state index < -0.39 is 0 Å². The standard InChI is InChI=1S/C12H20N4/c1-10-14-9-12-11(3-2-6-16(10)12)15-7-4-13-5-8-15/h9,11,13H,2-8H2,1H3. The van der Waals surface area contributed by atoms with Crippen LogP contribution in [0.15, 0.2) is 6.20 Å². The molecule has 3 heterocycles. The highest BCUT2D eigenvalue weighted by Gasteiger charge is 2.28. The van der Waals surface area contributed by atoms with Crippen LogP contribution in [0.25, 0.3) is 0 Å². The van der Waals surface area contributed by atoms with Gasteiger partial charge in [0.1, 0.15) is 5.82 Å². The highest BCUT2D eigenvalue weighted by Crippen LogP contribution is 2.31. The molecular weight excluding hydrogens is 200 g/mol. The molecule has 0 saturated carbocycles. The predicted molar refractivity (Wildman–Crippen MR) is 63.4 cm³/mol. The Hall–Kier alpha value is -0.870. The maximum atomic E-state index is 4.46. The third-order valence-electron chi connectivity index (χ3n) is 3.88. The van der Waals surface area contributed by atoms with Gasteiger partial charge in [-0.15, -0.1) is 0 Å². The van der Waals surface area contributed by atoms with Crippen molar-refractivity contribution in [3.05, 3.63) is 17.7 Å². The lowest BCUT2D eigenvalue weighted by Gasteiger charge is -2.37. The van der Waals surface area contributed by atoms with Crippen LogP contribution in [-0.2, 0) is 6.54 Å². The second kappa shape index (κ2) is 4.18. The third-order valence-corrected chi connectivity index (χ3v) is 3.88. The summed E-state index contributed by atoms with van der Waals surface area (Å²) < 4.78 is 2.40. The van der Waals surface area contributed by atoms with Gasteiger partial charge in [-0.2, -0.15) is 0 Å². The van der Waals surface area contributed by atoms with Crippen molar-refractivity contribution < 1.29 is 0 Å². The van der Waals surface area contributed by atoms with Crippen LogP contribution in [0.2, 0.25) is 0 Å². The van der Waals surface area contributed by atoms with Crippen LogP contribution in [0.4, 0.5) is 0 Å². The SMILES string of the molecule is Cc1ncc2n1CCCC2N1CCNCC1. The lowest BCUT2D eigenvalue weighted by atomic mass is 10.0. The van der Waals surface area contributed by atoms with Crippen molar-refractivity contribution in [2.75, 3.05) is 26.2 Å². The topological polar surface area (TPSA) is 33.1 Å². The summed E-state index contributed by atoms with van der Waals surface area (Å²) in [5.41, 5.74) is 1.44. The average Bonchev–Trinajstić information content (AvgIpc) is 2.73. The number of fused-ring (bicyclic) bond motifs is 1. The van der Waals surface area contributed by atoms with Crippen molar-refractivity contribution in [2.45, 2.75) is 32.4 Å². The van der Waals surface area contributed by atoms with Gasteiger partial charge in [-0.05, 0) is 19.8 Å².